The fourth-order valence-corrected chi connectivity index (χ4v) is 1.83. The van der Waals surface area contributed by atoms with Gasteiger partial charge in [0.15, 0.2) is 0 Å². The van der Waals surface area contributed by atoms with Gasteiger partial charge in [-0.1, -0.05) is 0 Å². The highest BCUT2D eigenvalue weighted by molar-refractivity contribution is 5.83. The zero-order valence-electron chi connectivity index (χ0n) is 9.73. The van der Waals surface area contributed by atoms with Gasteiger partial charge in [-0.25, -0.2) is 0 Å². The lowest BCUT2D eigenvalue weighted by atomic mass is 10.1. The summed E-state index contributed by atoms with van der Waals surface area (Å²) in [6.45, 7) is 7.60. The molecule has 0 aromatic rings. The van der Waals surface area contributed by atoms with E-state index in [1.807, 2.05) is 27.7 Å². The first-order chi connectivity index (χ1) is 6.77. The summed E-state index contributed by atoms with van der Waals surface area (Å²) in [5, 5.41) is 9.04. The predicted octanol–water partition coefficient (Wildman–Crippen LogP) is 0.434. The van der Waals surface area contributed by atoms with E-state index in [0.717, 1.165) is 0 Å². The van der Waals surface area contributed by atoms with E-state index in [9.17, 15) is 9.59 Å². The first kappa shape index (κ1) is 13.9. The second-order valence-corrected chi connectivity index (χ2v) is 4.16. The molecule has 0 fully saturated rings. The Labute approximate surface area is 90.2 Å². The van der Waals surface area contributed by atoms with Gasteiger partial charge in [0.2, 0.25) is 5.91 Å². The Morgan fingerprint density at radius 2 is 1.60 bits per heavy atom. The molecule has 5 nitrogen and oxygen atoms in total. The van der Waals surface area contributed by atoms with Gasteiger partial charge in [-0.3, -0.25) is 14.5 Å². The number of carbonyl (C=O) groups is 2. The van der Waals surface area contributed by atoms with Crippen molar-refractivity contribution in [2.45, 2.75) is 52.2 Å². The first-order valence-corrected chi connectivity index (χ1v) is 5.06. The molecule has 0 rings (SSSR count). The number of hydrogen-bond acceptors (Lipinski definition) is 3. The van der Waals surface area contributed by atoms with Crippen LogP contribution in [0.5, 0.6) is 0 Å². The van der Waals surface area contributed by atoms with Gasteiger partial charge in [-0.2, -0.15) is 0 Å². The van der Waals surface area contributed by atoms with E-state index in [4.69, 9.17) is 10.8 Å². The lowest BCUT2D eigenvalue weighted by Gasteiger charge is -2.35. The van der Waals surface area contributed by atoms with E-state index >= 15 is 0 Å². The molecule has 15 heavy (non-hydrogen) atoms. The topological polar surface area (TPSA) is 83.6 Å². The van der Waals surface area contributed by atoms with Crippen molar-refractivity contribution in [1.82, 2.24) is 4.90 Å². The smallest absolute Gasteiger partial charge is 0.321 e. The van der Waals surface area contributed by atoms with Gasteiger partial charge in [0, 0.05) is 12.1 Å². The Balaban J connectivity index is 4.84. The molecule has 0 saturated heterocycles. The monoisotopic (exact) mass is 216 g/mol. The van der Waals surface area contributed by atoms with Gasteiger partial charge in [-0.15, -0.1) is 0 Å². The summed E-state index contributed by atoms with van der Waals surface area (Å²) in [4.78, 5) is 23.6. The lowest BCUT2D eigenvalue weighted by molar-refractivity contribution is -0.147. The fraction of sp³-hybridized carbons (Fsp3) is 0.800. The van der Waals surface area contributed by atoms with Crippen LogP contribution in [0.3, 0.4) is 0 Å². The van der Waals surface area contributed by atoms with Gasteiger partial charge in [0.25, 0.3) is 0 Å². The van der Waals surface area contributed by atoms with Crippen LogP contribution in [-0.4, -0.2) is 40.0 Å². The van der Waals surface area contributed by atoms with Crippen molar-refractivity contribution in [3.8, 4) is 0 Å². The molecule has 0 unspecified atom stereocenters. The first-order valence-electron chi connectivity index (χ1n) is 5.06. The molecule has 0 saturated carbocycles. The maximum Gasteiger partial charge on any atom is 0.321 e. The number of hydrogen-bond donors (Lipinski definition) is 2. The molecule has 0 radical (unpaired) electrons. The summed E-state index contributed by atoms with van der Waals surface area (Å²) in [6, 6.07) is -0.710. The summed E-state index contributed by atoms with van der Waals surface area (Å²) >= 11 is 0. The molecule has 1 amide bonds. The molecule has 0 bridgehead atoms. The number of rotatable bonds is 6. The second-order valence-electron chi connectivity index (χ2n) is 4.16. The highest BCUT2D eigenvalue weighted by Crippen LogP contribution is 2.13. The summed E-state index contributed by atoms with van der Waals surface area (Å²) in [5.41, 5.74) is 5.04. The second kappa shape index (κ2) is 5.70. The van der Waals surface area contributed by atoms with Crippen LogP contribution in [0.1, 0.15) is 34.1 Å². The normalized spacial score (nSPS) is 13.5. The number of amides is 1. The molecule has 0 aromatic carbocycles. The average molecular weight is 216 g/mol. The van der Waals surface area contributed by atoms with Gasteiger partial charge in [0.05, 0.1) is 6.42 Å². The standard InChI is InChI=1S/C10H20N2O3/c1-6(2)12(7(3)4)8(10(14)15)5-9(11)13/h6-8H,5H2,1-4H3,(H2,11,13)(H,14,15)/t8-/m0/s1. The van der Waals surface area contributed by atoms with Crippen molar-refractivity contribution in [3.63, 3.8) is 0 Å². The van der Waals surface area contributed by atoms with Crippen molar-refractivity contribution in [1.29, 1.82) is 0 Å². The van der Waals surface area contributed by atoms with Gasteiger partial charge in [0.1, 0.15) is 6.04 Å². The number of aliphatic carboxylic acids is 1. The maximum absolute atomic E-state index is 11.0. The van der Waals surface area contributed by atoms with Gasteiger partial charge in [-0.05, 0) is 27.7 Å². The van der Waals surface area contributed by atoms with Gasteiger partial charge >= 0.3 is 5.97 Å². The van der Waals surface area contributed by atoms with Crippen molar-refractivity contribution in [3.05, 3.63) is 0 Å². The molecule has 88 valence electrons. The number of nitrogens with zero attached hydrogens (tertiary/aromatic N) is 1. The third kappa shape index (κ3) is 4.29. The minimum absolute atomic E-state index is 0.0606. The Kier molecular flexibility index (Phi) is 5.28. The van der Waals surface area contributed by atoms with E-state index in [1.165, 1.54) is 0 Å². The molecule has 0 aliphatic rings. The molecular weight excluding hydrogens is 196 g/mol. The zero-order valence-corrected chi connectivity index (χ0v) is 9.73. The fourth-order valence-electron chi connectivity index (χ4n) is 1.83. The van der Waals surface area contributed by atoms with Crippen LogP contribution in [0.2, 0.25) is 0 Å². The number of carboxylic acid groups (broad SMARTS) is 1. The molecule has 0 aliphatic carbocycles. The summed E-state index contributed by atoms with van der Waals surface area (Å²) < 4.78 is 0. The van der Waals surface area contributed by atoms with Gasteiger partial charge < -0.3 is 10.8 Å². The van der Waals surface area contributed by atoms with Crippen molar-refractivity contribution in [2.24, 2.45) is 5.73 Å². The zero-order chi connectivity index (χ0) is 12.2. The minimum Gasteiger partial charge on any atom is -0.480 e. The molecular formula is C10H20N2O3. The third-order valence-electron chi connectivity index (χ3n) is 2.23. The third-order valence-corrected chi connectivity index (χ3v) is 2.23. The van der Waals surface area contributed by atoms with Crippen molar-refractivity contribution in [2.75, 3.05) is 0 Å². The molecule has 0 aromatic heterocycles. The van der Waals surface area contributed by atoms with E-state index in [-0.39, 0.29) is 18.5 Å². The number of carboxylic acids is 1. The Hall–Kier alpha value is -1.10. The maximum atomic E-state index is 11.0. The highest BCUT2D eigenvalue weighted by atomic mass is 16.4. The van der Waals surface area contributed by atoms with E-state index in [2.05, 4.69) is 0 Å². The van der Waals surface area contributed by atoms with Crippen molar-refractivity contribution < 1.29 is 14.7 Å². The molecule has 1 atom stereocenters. The van der Waals surface area contributed by atoms with Crippen LogP contribution < -0.4 is 5.73 Å². The predicted molar refractivity (Wildman–Crippen MR) is 57.3 cm³/mol. The SMILES string of the molecule is CC(C)N(C(C)C)[C@@H](CC(N)=O)C(=O)O. The van der Waals surface area contributed by atoms with Crippen LogP contribution in [0.4, 0.5) is 0 Å². The van der Waals surface area contributed by atoms with Crippen LogP contribution in [0.15, 0.2) is 0 Å². The van der Waals surface area contributed by atoms with Crippen molar-refractivity contribution >= 4 is 11.9 Å². The molecule has 0 spiro atoms. The summed E-state index contributed by atoms with van der Waals surface area (Å²) in [5.74, 6) is -1.59. The van der Waals surface area contributed by atoms with Crippen LogP contribution in [0.25, 0.3) is 0 Å². The molecule has 0 aliphatic heterocycles. The lowest BCUT2D eigenvalue weighted by Crippen LogP contribution is -2.50. The van der Waals surface area contributed by atoms with E-state index < -0.39 is 17.9 Å². The number of primary amides is 1. The average Bonchev–Trinajstić information content (AvgIpc) is 2.00. The van der Waals surface area contributed by atoms with Crippen LogP contribution in [-0.2, 0) is 9.59 Å². The summed E-state index contributed by atoms with van der Waals surface area (Å²) in [7, 11) is 0. The number of nitrogens with two attached hydrogens (primary N) is 1. The Morgan fingerprint density at radius 1 is 1.20 bits per heavy atom. The summed E-state index contributed by atoms with van der Waals surface area (Å²) in [6.07, 6.45) is -0.147. The molecule has 0 heterocycles. The van der Waals surface area contributed by atoms with E-state index in [1.54, 1.807) is 4.90 Å². The van der Waals surface area contributed by atoms with Crippen LogP contribution >= 0.6 is 0 Å². The molecule has 3 N–H and O–H groups in total. The van der Waals surface area contributed by atoms with E-state index in [0.29, 0.717) is 0 Å². The Morgan fingerprint density at radius 3 is 1.80 bits per heavy atom. The minimum atomic E-state index is -1.00. The molecule has 5 heteroatoms. The highest BCUT2D eigenvalue weighted by Gasteiger charge is 2.30. The Bertz CT molecular complexity index is 231. The quantitative estimate of drug-likeness (QED) is 0.674. The largest absolute Gasteiger partial charge is 0.480 e. The van der Waals surface area contributed by atoms with Crippen LogP contribution in [0, 0.1) is 0 Å². The number of carbonyl (C=O) groups excluding carboxylic acids is 1.